The molecule has 0 amide bonds. The van der Waals surface area contributed by atoms with E-state index < -0.39 is 0 Å². The van der Waals surface area contributed by atoms with E-state index in [9.17, 15) is 0 Å². The van der Waals surface area contributed by atoms with E-state index in [1.165, 1.54) is 0 Å². The maximum absolute atomic E-state index is 4.73. The maximum Gasteiger partial charge on any atom is 0.165 e. The topological polar surface area (TPSA) is 77.3 Å². The van der Waals surface area contributed by atoms with Gasteiger partial charge in [0.25, 0.3) is 0 Å². The van der Waals surface area contributed by atoms with Crippen molar-refractivity contribution in [3.8, 4) is 34.2 Å². The minimum absolute atomic E-state index is 0.590. The van der Waals surface area contributed by atoms with E-state index >= 15 is 0 Å². The highest BCUT2D eigenvalue weighted by atomic mass is 15.0. The molecule has 6 heteroatoms. The van der Waals surface area contributed by atoms with Gasteiger partial charge in [-0.25, -0.2) is 15.0 Å². The van der Waals surface area contributed by atoms with Gasteiger partial charge in [-0.3, -0.25) is 15.0 Å². The molecule has 0 aliphatic rings. The number of hydrogen-bond acceptors (Lipinski definition) is 6. The van der Waals surface area contributed by atoms with Crippen molar-refractivity contribution in [1.82, 2.24) is 29.9 Å². The van der Waals surface area contributed by atoms with Crippen molar-refractivity contribution in [2.24, 2.45) is 0 Å². The second-order valence-electron chi connectivity index (χ2n) is 6.22. The van der Waals surface area contributed by atoms with Crippen LogP contribution in [0.1, 0.15) is 17.1 Å². The predicted octanol–water partition coefficient (Wildman–Crippen LogP) is 3.98. The van der Waals surface area contributed by atoms with E-state index in [0.29, 0.717) is 17.5 Å². The van der Waals surface area contributed by atoms with Crippen molar-refractivity contribution in [3.05, 3.63) is 72.1 Å². The van der Waals surface area contributed by atoms with E-state index in [-0.39, 0.29) is 0 Å². The van der Waals surface area contributed by atoms with Crippen LogP contribution in [0.25, 0.3) is 34.2 Å². The average molecular weight is 354 g/mol. The zero-order chi connectivity index (χ0) is 18.8. The molecule has 4 rings (SSSR count). The molecule has 0 spiro atoms. The normalized spacial score (nSPS) is 10.8. The van der Waals surface area contributed by atoms with Crippen molar-refractivity contribution in [2.75, 3.05) is 0 Å². The summed E-state index contributed by atoms with van der Waals surface area (Å²) in [4.78, 5) is 27.3. The lowest BCUT2D eigenvalue weighted by molar-refractivity contribution is 1.04. The first-order chi connectivity index (χ1) is 13.1. The SMILES string of the molecule is Cc1ncccc1-c1nc(-c2cccnc2C)nc(-c2cccnc2C)n1. The van der Waals surface area contributed by atoms with Gasteiger partial charge in [-0.1, -0.05) is 0 Å². The van der Waals surface area contributed by atoms with Crippen LogP contribution >= 0.6 is 0 Å². The standard InChI is InChI=1S/C21H18N6/c1-13-16(7-4-10-22-13)19-25-20(17-8-5-11-23-14(17)2)27-21(26-19)18-9-6-12-24-15(18)3/h4-12H,1-3H3. The van der Waals surface area contributed by atoms with E-state index in [4.69, 9.17) is 15.0 Å². The second kappa shape index (κ2) is 6.99. The Kier molecular flexibility index (Phi) is 4.38. The van der Waals surface area contributed by atoms with Crippen LogP contribution in [-0.2, 0) is 0 Å². The Labute approximate surface area is 157 Å². The molecule has 0 atom stereocenters. The highest BCUT2D eigenvalue weighted by molar-refractivity contribution is 5.68. The zero-order valence-corrected chi connectivity index (χ0v) is 15.4. The summed E-state index contributed by atoms with van der Waals surface area (Å²) < 4.78 is 0. The number of pyridine rings is 3. The van der Waals surface area contributed by atoms with Gasteiger partial charge in [0.2, 0.25) is 0 Å². The molecule has 0 aliphatic heterocycles. The van der Waals surface area contributed by atoms with Gasteiger partial charge in [-0.15, -0.1) is 0 Å². The highest BCUT2D eigenvalue weighted by Crippen LogP contribution is 2.27. The van der Waals surface area contributed by atoms with Crippen molar-refractivity contribution in [1.29, 1.82) is 0 Å². The molecule has 4 aromatic rings. The Hall–Kier alpha value is -3.54. The molecule has 0 radical (unpaired) electrons. The van der Waals surface area contributed by atoms with E-state index in [0.717, 1.165) is 33.8 Å². The van der Waals surface area contributed by atoms with Crippen LogP contribution in [0.2, 0.25) is 0 Å². The Morgan fingerprint density at radius 2 is 0.778 bits per heavy atom. The molecule has 0 N–H and O–H groups in total. The molecule has 0 unspecified atom stereocenters. The smallest absolute Gasteiger partial charge is 0.165 e. The van der Waals surface area contributed by atoms with Gasteiger partial charge >= 0.3 is 0 Å². The molecule has 4 aromatic heterocycles. The van der Waals surface area contributed by atoms with Gasteiger partial charge in [0, 0.05) is 52.4 Å². The monoisotopic (exact) mass is 354 g/mol. The summed E-state index contributed by atoms with van der Waals surface area (Å²) in [6, 6.07) is 11.6. The fourth-order valence-corrected chi connectivity index (χ4v) is 2.90. The summed E-state index contributed by atoms with van der Waals surface area (Å²) in [6.45, 7) is 5.84. The lowest BCUT2D eigenvalue weighted by atomic mass is 10.1. The van der Waals surface area contributed by atoms with Crippen molar-refractivity contribution in [2.45, 2.75) is 20.8 Å². The van der Waals surface area contributed by atoms with Gasteiger partial charge in [-0.05, 0) is 57.2 Å². The Balaban J connectivity index is 1.99. The lowest BCUT2D eigenvalue weighted by Gasteiger charge is -2.11. The second-order valence-corrected chi connectivity index (χ2v) is 6.22. The molecule has 6 nitrogen and oxygen atoms in total. The largest absolute Gasteiger partial charge is 0.261 e. The molecule has 0 saturated carbocycles. The molecule has 132 valence electrons. The summed E-state index contributed by atoms with van der Waals surface area (Å²) in [5.74, 6) is 1.77. The molecule has 0 aliphatic carbocycles. The van der Waals surface area contributed by atoms with Crippen LogP contribution in [-0.4, -0.2) is 29.9 Å². The Morgan fingerprint density at radius 3 is 1.04 bits per heavy atom. The third-order valence-electron chi connectivity index (χ3n) is 4.38. The molecule has 0 aromatic carbocycles. The number of rotatable bonds is 3. The van der Waals surface area contributed by atoms with Crippen LogP contribution in [0.3, 0.4) is 0 Å². The summed E-state index contributed by atoms with van der Waals surface area (Å²) >= 11 is 0. The molecule has 0 fully saturated rings. The van der Waals surface area contributed by atoms with Crippen LogP contribution < -0.4 is 0 Å². The minimum Gasteiger partial charge on any atom is -0.261 e. The third-order valence-corrected chi connectivity index (χ3v) is 4.38. The predicted molar refractivity (Wildman–Crippen MR) is 104 cm³/mol. The first-order valence-electron chi connectivity index (χ1n) is 8.65. The van der Waals surface area contributed by atoms with E-state index in [2.05, 4.69) is 15.0 Å². The number of aromatic nitrogens is 6. The quantitative estimate of drug-likeness (QED) is 0.554. The number of aryl methyl sites for hydroxylation is 3. The fourth-order valence-electron chi connectivity index (χ4n) is 2.90. The van der Waals surface area contributed by atoms with Gasteiger partial charge in [0.15, 0.2) is 17.5 Å². The number of nitrogens with zero attached hydrogens (tertiary/aromatic N) is 6. The molecule has 4 heterocycles. The summed E-state index contributed by atoms with van der Waals surface area (Å²) in [6.07, 6.45) is 5.29. The van der Waals surface area contributed by atoms with Gasteiger partial charge < -0.3 is 0 Å². The van der Waals surface area contributed by atoms with E-state index in [1.807, 2.05) is 57.2 Å². The van der Waals surface area contributed by atoms with Crippen LogP contribution in [0, 0.1) is 20.8 Å². The number of hydrogen-bond donors (Lipinski definition) is 0. The average Bonchev–Trinajstić information content (AvgIpc) is 2.69. The first kappa shape index (κ1) is 16.9. The molecular weight excluding hydrogens is 336 g/mol. The Morgan fingerprint density at radius 1 is 0.481 bits per heavy atom. The maximum atomic E-state index is 4.73. The highest BCUT2D eigenvalue weighted by Gasteiger charge is 2.16. The summed E-state index contributed by atoms with van der Waals surface area (Å²) in [5.41, 5.74) is 5.24. The molecule has 0 bridgehead atoms. The molecule has 27 heavy (non-hydrogen) atoms. The van der Waals surface area contributed by atoms with Crippen molar-refractivity contribution in [3.63, 3.8) is 0 Å². The lowest BCUT2D eigenvalue weighted by Crippen LogP contribution is -2.03. The van der Waals surface area contributed by atoms with Crippen LogP contribution in [0.5, 0.6) is 0 Å². The molecular formula is C21H18N6. The third kappa shape index (κ3) is 3.29. The van der Waals surface area contributed by atoms with Crippen molar-refractivity contribution >= 4 is 0 Å². The summed E-state index contributed by atoms with van der Waals surface area (Å²) in [5, 5.41) is 0. The van der Waals surface area contributed by atoms with Gasteiger partial charge in [0.05, 0.1) is 0 Å². The molecule has 0 saturated heterocycles. The fraction of sp³-hybridized carbons (Fsp3) is 0.143. The zero-order valence-electron chi connectivity index (χ0n) is 15.4. The first-order valence-corrected chi connectivity index (χ1v) is 8.65. The van der Waals surface area contributed by atoms with Gasteiger partial charge in [-0.2, -0.15) is 0 Å². The van der Waals surface area contributed by atoms with Crippen molar-refractivity contribution < 1.29 is 0 Å². The van der Waals surface area contributed by atoms with Gasteiger partial charge in [0.1, 0.15) is 0 Å². The van der Waals surface area contributed by atoms with Crippen LogP contribution in [0.4, 0.5) is 0 Å². The van der Waals surface area contributed by atoms with E-state index in [1.54, 1.807) is 18.6 Å². The Bertz CT molecular complexity index is 969. The minimum atomic E-state index is 0.590. The summed E-state index contributed by atoms with van der Waals surface area (Å²) in [7, 11) is 0. The van der Waals surface area contributed by atoms with Crippen LogP contribution in [0.15, 0.2) is 55.0 Å².